The van der Waals surface area contributed by atoms with Crippen LogP contribution in [0.2, 0.25) is 0 Å². The molecule has 0 aliphatic carbocycles. The summed E-state index contributed by atoms with van der Waals surface area (Å²) in [5.74, 6) is 0. The van der Waals surface area contributed by atoms with E-state index in [1.165, 1.54) is 0 Å². The summed E-state index contributed by atoms with van der Waals surface area (Å²) >= 11 is 0. The number of rotatable bonds is 2. The van der Waals surface area contributed by atoms with Crippen LogP contribution in [0.15, 0.2) is 0 Å². The van der Waals surface area contributed by atoms with Crippen molar-refractivity contribution in [2.75, 3.05) is 19.4 Å². The van der Waals surface area contributed by atoms with Gasteiger partial charge in [-0.15, -0.1) is 0 Å². The molecule has 0 aromatic heterocycles. The molecule has 0 radical (unpaired) electrons. The van der Waals surface area contributed by atoms with Crippen LogP contribution in [0.4, 0.5) is 0 Å². The van der Waals surface area contributed by atoms with Crippen molar-refractivity contribution in [2.24, 2.45) is 0 Å². The number of hydrogen-bond donors (Lipinski definition) is 2. The van der Waals surface area contributed by atoms with Gasteiger partial charge in [0.25, 0.3) is 0 Å². The number of aliphatic hydroxyl groups excluding tert-OH is 2. The smallest absolute Gasteiger partial charge is 0.0915 e. The first-order chi connectivity index (χ1) is 5.15. The van der Waals surface area contributed by atoms with Gasteiger partial charge in [-0.05, 0) is 6.42 Å². The van der Waals surface area contributed by atoms with Gasteiger partial charge in [-0.25, -0.2) is 8.51 Å². The van der Waals surface area contributed by atoms with E-state index in [0.29, 0.717) is 13.0 Å². The minimum absolute atomic E-state index is 0.0311. The van der Waals surface area contributed by atoms with Crippen molar-refractivity contribution >= 4 is 11.0 Å². The standard InChI is InChI=1S/C6H13NO3S/c1-11(10)7-3-6(9)2-5(7)4-8/h5-6,8-9H,2-4H2,1H3. The molecule has 0 aromatic carbocycles. The van der Waals surface area contributed by atoms with E-state index in [4.69, 9.17) is 10.2 Å². The summed E-state index contributed by atoms with van der Waals surface area (Å²) in [6.45, 7) is 0.380. The van der Waals surface area contributed by atoms with Crippen LogP contribution in [-0.4, -0.2) is 50.3 Å². The molecule has 3 unspecified atom stereocenters. The minimum Gasteiger partial charge on any atom is -0.395 e. The fourth-order valence-electron chi connectivity index (χ4n) is 1.34. The molecule has 11 heavy (non-hydrogen) atoms. The number of β-amino-alcohol motifs (C(OH)–C–C–N with tert-alkyl or cyclic N) is 1. The molecule has 66 valence electrons. The van der Waals surface area contributed by atoms with Crippen LogP contribution in [0.25, 0.3) is 0 Å². The van der Waals surface area contributed by atoms with Gasteiger partial charge >= 0.3 is 0 Å². The molecule has 4 nitrogen and oxygen atoms in total. The average Bonchev–Trinajstić information content (AvgIpc) is 2.30. The zero-order chi connectivity index (χ0) is 8.43. The van der Waals surface area contributed by atoms with Crippen LogP contribution in [0.5, 0.6) is 0 Å². The highest BCUT2D eigenvalue weighted by Crippen LogP contribution is 2.18. The van der Waals surface area contributed by atoms with E-state index in [1.54, 1.807) is 10.6 Å². The first-order valence-electron chi connectivity index (χ1n) is 3.54. The molecular formula is C6H13NO3S. The molecule has 1 saturated heterocycles. The maximum atomic E-state index is 11.0. The summed E-state index contributed by atoms with van der Waals surface area (Å²) in [4.78, 5) is 0. The van der Waals surface area contributed by atoms with Crippen molar-refractivity contribution in [3.05, 3.63) is 0 Å². The summed E-state index contributed by atoms with van der Waals surface area (Å²) < 4.78 is 12.6. The van der Waals surface area contributed by atoms with E-state index in [-0.39, 0.29) is 12.6 Å². The van der Waals surface area contributed by atoms with Crippen molar-refractivity contribution in [1.82, 2.24) is 4.31 Å². The zero-order valence-electron chi connectivity index (χ0n) is 6.43. The maximum Gasteiger partial charge on any atom is 0.0915 e. The Bertz CT molecular complexity index is 164. The van der Waals surface area contributed by atoms with Gasteiger partial charge in [-0.3, -0.25) is 0 Å². The summed E-state index contributed by atoms with van der Waals surface area (Å²) in [5, 5.41) is 18.0. The highest BCUT2D eigenvalue weighted by atomic mass is 32.2. The molecule has 1 rings (SSSR count). The van der Waals surface area contributed by atoms with Crippen LogP contribution in [0, 0.1) is 0 Å². The third-order valence-corrected chi connectivity index (χ3v) is 2.99. The third-order valence-electron chi connectivity index (χ3n) is 1.88. The van der Waals surface area contributed by atoms with E-state index in [1.807, 2.05) is 0 Å². The SMILES string of the molecule is CS(=O)N1CC(O)CC1CO. The Kier molecular flexibility index (Phi) is 3.00. The summed E-state index contributed by atoms with van der Waals surface area (Å²) in [5.41, 5.74) is 0. The van der Waals surface area contributed by atoms with Gasteiger partial charge in [0.2, 0.25) is 0 Å². The molecule has 1 heterocycles. The molecule has 1 aliphatic rings. The second kappa shape index (κ2) is 3.62. The lowest BCUT2D eigenvalue weighted by molar-refractivity contribution is 0.184. The predicted molar refractivity (Wildman–Crippen MR) is 42.3 cm³/mol. The molecule has 3 atom stereocenters. The summed E-state index contributed by atoms with van der Waals surface area (Å²) in [6.07, 6.45) is 1.65. The van der Waals surface area contributed by atoms with Crippen LogP contribution in [0.3, 0.4) is 0 Å². The third kappa shape index (κ3) is 1.99. The van der Waals surface area contributed by atoms with Crippen LogP contribution >= 0.6 is 0 Å². The Morgan fingerprint density at radius 1 is 1.73 bits per heavy atom. The molecule has 5 heteroatoms. The van der Waals surface area contributed by atoms with Crippen molar-refractivity contribution in [1.29, 1.82) is 0 Å². The molecule has 1 aliphatic heterocycles. The topological polar surface area (TPSA) is 60.8 Å². The largest absolute Gasteiger partial charge is 0.395 e. The molecule has 0 amide bonds. The number of nitrogens with zero attached hydrogens (tertiary/aromatic N) is 1. The predicted octanol–water partition coefficient (Wildman–Crippen LogP) is -1.29. The van der Waals surface area contributed by atoms with E-state index in [9.17, 15) is 4.21 Å². The lowest BCUT2D eigenvalue weighted by atomic mass is 10.2. The molecule has 1 fully saturated rings. The Balaban J connectivity index is 2.57. The Morgan fingerprint density at radius 2 is 2.36 bits per heavy atom. The van der Waals surface area contributed by atoms with Gasteiger partial charge in [-0.2, -0.15) is 0 Å². The van der Waals surface area contributed by atoms with Crippen molar-refractivity contribution in [3.8, 4) is 0 Å². The molecular weight excluding hydrogens is 166 g/mol. The lowest BCUT2D eigenvalue weighted by Gasteiger charge is -2.17. The van der Waals surface area contributed by atoms with Gasteiger partial charge in [0.1, 0.15) is 0 Å². The van der Waals surface area contributed by atoms with E-state index in [0.717, 1.165) is 0 Å². The van der Waals surface area contributed by atoms with Crippen molar-refractivity contribution in [3.63, 3.8) is 0 Å². The molecule has 0 saturated carbocycles. The van der Waals surface area contributed by atoms with Gasteiger partial charge in [0.05, 0.1) is 23.7 Å². The Morgan fingerprint density at radius 3 is 2.73 bits per heavy atom. The summed E-state index contributed by atoms with van der Waals surface area (Å²) in [6, 6.07) is -0.129. The van der Waals surface area contributed by atoms with Gasteiger partial charge in [-0.1, -0.05) is 0 Å². The normalized spacial score (nSPS) is 35.9. The fraction of sp³-hybridized carbons (Fsp3) is 1.00. The van der Waals surface area contributed by atoms with Gasteiger partial charge < -0.3 is 10.2 Å². The van der Waals surface area contributed by atoms with Gasteiger partial charge in [0.15, 0.2) is 0 Å². The first kappa shape index (κ1) is 9.12. The van der Waals surface area contributed by atoms with E-state index < -0.39 is 17.1 Å². The first-order valence-corrected chi connectivity index (χ1v) is 5.05. The fourth-order valence-corrected chi connectivity index (χ4v) is 2.30. The van der Waals surface area contributed by atoms with Crippen LogP contribution in [0.1, 0.15) is 6.42 Å². The van der Waals surface area contributed by atoms with E-state index >= 15 is 0 Å². The Labute approximate surface area is 68.4 Å². The van der Waals surface area contributed by atoms with Crippen molar-refractivity contribution in [2.45, 2.75) is 18.6 Å². The average molecular weight is 179 g/mol. The molecule has 0 bridgehead atoms. The monoisotopic (exact) mass is 179 g/mol. The number of aliphatic hydroxyl groups is 2. The Hall–Kier alpha value is 0.0300. The molecule has 2 N–H and O–H groups in total. The summed E-state index contributed by atoms with van der Waals surface area (Å²) in [7, 11) is -1.08. The second-order valence-electron chi connectivity index (χ2n) is 2.75. The highest BCUT2D eigenvalue weighted by Gasteiger charge is 2.32. The quantitative estimate of drug-likeness (QED) is 0.554. The zero-order valence-corrected chi connectivity index (χ0v) is 7.25. The minimum atomic E-state index is -1.08. The van der Waals surface area contributed by atoms with Crippen LogP contribution < -0.4 is 0 Å². The molecule has 0 aromatic rings. The number of hydrogen-bond acceptors (Lipinski definition) is 3. The highest BCUT2D eigenvalue weighted by molar-refractivity contribution is 7.81. The van der Waals surface area contributed by atoms with E-state index in [2.05, 4.69) is 0 Å². The van der Waals surface area contributed by atoms with Crippen molar-refractivity contribution < 1.29 is 14.4 Å². The maximum absolute atomic E-state index is 11.0. The molecule has 0 spiro atoms. The van der Waals surface area contributed by atoms with Gasteiger partial charge in [0, 0.05) is 18.8 Å². The second-order valence-corrected chi connectivity index (χ2v) is 4.07. The van der Waals surface area contributed by atoms with Crippen LogP contribution in [-0.2, 0) is 11.0 Å². The lowest BCUT2D eigenvalue weighted by Crippen LogP contribution is -2.33.